The van der Waals surface area contributed by atoms with Crippen LogP contribution in [-0.2, 0) is 30.7 Å². The number of amides is 1. The Kier molecular flexibility index (Phi) is 6.54. The molecule has 1 amide bonds. The van der Waals surface area contributed by atoms with Crippen LogP contribution in [0.5, 0.6) is 0 Å². The molecule has 158 valence electrons. The summed E-state index contributed by atoms with van der Waals surface area (Å²) < 4.78 is 4.38. The van der Waals surface area contributed by atoms with Crippen molar-refractivity contribution in [3.8, 4) is 0 Å². The van der Waals surface area contributed by atoms with Crippen LogP contribution in [0.25, 0.3) is 17.1 Å². The van der Waals surface area contributed by atoms with Gasteiger partial charge in [-0.3, -0.25) is 10.0 Å². The lowest BCUT2D eigenvalue weighted by Gasteiger charge is -2.10. The average Bonchev–Trinajstić information content (AvgIpc) is 3.44. The van der Waals surface area contributed by atoms with E-state index in [4.69, 9.17) is 10.2 Å². The molecule has 0 saturated heterocycles. The van der Waals surface area contributed by atoms with Crippen LogP contribution in [-0.4, -0.2) is 30.2 Å². The predicted octanol–water partition coefficient (Wildman–Crippen LogP) is 3.63. The van der Waals surface area contributed by atoms with Crippen LogP contribution < -0.4 is 5.48 Å². The summed E-state index contributed by atoms with van der Waals surface area (Å²) in [6.07, 6.45) is 11.3. The number of aromatic nitrogens is 4. The van der Waals surface area contributed by atoms with Gasteiger partial charge in [-0.2, -0.15) is 0 Å². The number of nitrogens with zero attached hydrogens (tertiary/aromatic N) is 4. The van der Waals surface area contributed by atoms with Crippen molar-refractivity contribution in [1.82, 2.24) is 24.6 Å². The summed E-state index contributed by atoms with van der Waals surface area (Å²) in [5, 5.41) is 8.66. The number of benzene rings is 2. The summed E-state index contributed by atoms with van der Waals surface area (Å²) in [7, 11) is 0. The van der Waals surface area contributed by atoms with Crippen molar-refractivity contribution >= 4 is 23.0 Å². The Morgan fingerprint density at radius 2 is 1.97 bits per heavy atom. The fourth-order valence-corrected chi connectivity index (χ4v) is 3.68. The standard InChI is InChI=1S/C24H25N5O2/c30-24(27-31)12-9-20-7-10-22-21(17-20)26-23(11-8-19-5-2-1-3-6-19)29(22)15-4-14-28-16-13-25-18-28/h1-3,5-7,9-10,12-13,16-18,31H,4,8,11,14-15H2,(H,27,30). The molecule has 2 aromatic carbocycles. The number of hydrogen-bond donors (Lipinski definition) is 2. The smallest absolute Gasteiger partial charge is 0.267 e. The molecule has 0 aliphatic rings. The zero-order valence-electron chi connectivity index (χ0n) is 17.2. The van der Waals surface area contributed by atoms with Gasteiger partial charge in [-0.1, -0.05) is 36.4 Å². The molecule has 0 unspecified atom stereocenters. The third kappa shape index (κ3) is 5.26. The Balaban J connectivity index is 1.58. The normalized spacial score (nSPS) is 11.4. The van der Waals surface area contributed by atoms with Gasteiger partial charge in [-0.15, -0.1) is 0 Å². The second-order valence-corrected chi connectivity index (χ2v) is 7.38. The van der Waals surface area contributed by atoms with Gasteiger partial charge in [-0.25, -0.2) is 15.4 Å². The number of carbonyl (C=O) groups excluding carboxylic acids is 1. The molecule has 2 heterocycles. The number of carbonyl (C=O) groups is 1. The molecule has 0 saturated carbocycles. The first-order valence-corrected chi connectivity index (χ1v) is 10.3. The first-order chi connectivity index (χ1) is 15.2. The number of hydrogen-bond acceptors (Lipinski definition) is 4. The lowest BCUT2D eigenvalue weighted by Crippen LogP contribution is -2.14. The van der Waals surface area contributed by atoms with Gasteiger partial charge in [0.05, 0.1) is 17.4 Å². The summed E-state index contributed by atoms with van der Waals surface area (Å²) in [5.74, 6) is 0.493. The van der Waals surface area contributed by atoms with E-state index in [1.165, 1.54) is 11.6 Å². The fraction of sp³-hybridized carbons (Fsp3) is 0.208. The van der Waals surface area contributed by atoms with Crippen molar-refractivity contribution in [1.29, 1.82) is 0 Å². The van der Waals surface area contributed by atoms with E-state index in [1.54, 1.807) is 17.8 Å². The SMILES string of the molecule is O=C(C=Cc1ccc2c(c1)nc(CCc1ccccc1)n2CCCn1ccnc1)NO. The third-order valence-corrected chi connectivity index (χ3v) is 5.23. The molecule has 2 aromatic heterocycles. The predicted molar refractivity (Wildman–Crippen MR) is 119 cm³/mol. The molecular formula is C24H25N5O2. The number of fused-ring (bicyclic) bond motifs is 1. The van der Waals surface area contributed by atoms with E-state index >= 15 is 0 Å². The summed E-state index contributed by atoms with van der Waals surface area (Å²) in [5.41, 5.74) is 5.73. The fourth-order valence-electron chi connectivity index (χ4n) is 3.68. The highest BCUT2D eigenvalue weighted by atomic mass is 16.5. The maximum absolute atomic E-state index is 11.3. The second kappa shape index (κ2) is 9.86. The van der Waals surface area contributed by atoms with Gasteiger partial charge in [0.15, 0.2) is 0 Å². The van der Waals surface area contributed by atoms with Crippen LogP contribution in [0.2, 0.25) is 0 Å². The molecule has 0 fully saturated rings. The Morgan fingerprint density at radius 3 is 2.74 bits per heavy atom. The maximum atomic E-state index is 11.3. The van der Waals surface area contributed by atoms with E-state index in [2.05, 4.69) is 38.4 Å². The van der Waals surface area contributed by atoms with Gasteiger partial charge in [0.2, 0.25) is 0 Å². The van der Waals surface area contributed by atoms with Gasteiger partial charge < -0.3 is 9.13 Å². The van der Waals surface area contributed by atoms with Crippen molar-refractivity contribution in [2.75, 3.05) is 0 Å². The quantitative estimate of drug-likeness (QED) is 0.248. The molecule has 0 aliphatic carbocycles. The Bertz CT molecular complexity index is 1160. The van der Waals surface area contributed by atoms with Gasteiger partial charge in [-0.05, 0) is 42.2 Å². The van der Waals surface area contributed by atoms with Crippen LogP contribution in [0, 0.1) is 0 Å². The molecule has 4 aromatic rings. The molecule has 0 bridgehead atoms. The van der Waals surface area contributed by atoms with Crippen LogP contribution >= 0.6 is 0 Å². The molecule has 0 radical (unpaired) electrons. The largest absolute Gasteiger partial charge is 0.337 e. The summed E-state index contributed by atoms with van der Waals surface area (Å²) in [6, 6.07) is 16.4. The first kappa shape index (κ1) is 20.6. The van der Waals surface area contributed by atoms with Crippen molar-refractivity contribution in [2.45, 2.75) is 32.4 Å². The molecule has 2 N–H and O–H groups in total. The summed E-state index contributed by atoms with van der Waals surface area (Å²) >= 11 is 0. The van der Waals surface area contributed by atoms with E-state index in [0.717, 1.165) is 54.8 Å². The van der Waals surface area contributed by atoms with Crippen molar-refractivity contribution in [2.24, 2.45) is 0 Å². The van der Waals surface area contributed by atoms with Crippen molar-refractivity contribution in [3.63, 3.8) is 0 Å². The topological polar surface area (TPSA) is 85.0 Å². The van der Waals surface area contributed by atoms with Gasteiger partial charge in [0.25, 0.3) is 5.91 Å². The second-order valence-electron chi connectivity index (χ2n) is 7.38. The van der Waals surface area contributed by atoms with E-state index in [0.29, 0.717) is 0 Å². The van der Waals surface area contributed by atoms with E-state index in [-0.39, 0.29) is 0 Å². The zero-order valence-corrected chi connectivity index (χ0v) is 17.2. The third-order valence-electron chi connectivity index (χ3n) is 5.23. The van der Waals surface area contributed by atoms with Crippen LogP contribution in [0.15, 0.2) is 73.3 Å². The average molecular weight is 415 g/mol. The van der Waals surface area contributed by atoms with Crippen molar-refractivity contribution < 1.29 is 10.0 Å². The molecule has 0 atom stereocenters. The monoisotopic (exact) mass is 415 g/mol. The molecule has 7 nitrogen and oxygen atoms in total. The molecule has 7 heteroatoms. The highest BCUT2D eigenvalue weighted by molar-refractivity contribution is 5.91. The van der Waals surface area contributed by atoms with Crippen LogP contribution in [0.3, 0.4) is 0 Å². The molecule has 0 spiro atoms. The minimum atomic E-state index is -0.561. The molecular weight excluding hydrogens is 390 g/mol. The molecule has 31 heavy (non-hydrogen) atoms. The van der Waals surface area contributed by atoms with Gasteiger partial charge in [0.1, 0.15) is 5.82 Å². The number of imidazole rings is 2. The maximum Gasteiger partial charge on any atom is 0.267 e. The Morgan fingerprint density at radius 1 is 1.10 bits per heavy atom. The Hall–Kier alpha value is -3.71. The number of nitrogens with one attached hydrogen (secondary N) is 1. The highest BCUT2D eigenvalue weighted by Gasteiger charge is 2.11. The minimum Gasteiger partial charge on any atom is -0.337 e. The van der Waals surface area contributed by atoms with Gasteiger partial charge >= 0.3 is 0 Å². The number of aryl methyl sites for hydroxylation is 4. The number of rotatable bonds is 9. The van der Waals surface area contributed by atoms with Crippen LogP contribution in [0.4, 0.5) is 0 Å². The lowest BCUT2D eigenvalue weighted by atomic mass is 10.1. The van der Waals surface area contributed by atoms with E-state index in [1.807, 2.05) is 36.8 Å². The summed E-state index contributed by atoms with van der Waals surface area (Å²) in [6.45, 7) is 1.76. The first-order valence-electron chi connectivity index (χ1n) is 10.3. The van der Waals surface area contributed by atoms with E-state index < -0.39 is 5.91 Å². The molecule has 4 rings (SSSR count). The lowest BCUT2D eigenvalue weighted by molar-refractivity contribution is -0.124. The summed E-state index contributed by atoms with van der Waals surface area (Å²) in [4.78, 5) is 20.3. The van der Waals surface area contributed by atoms with E-state index in [9.17, 15) is 4.79 Å². The highest BCUT2D eigenvalue weighted by Crippen LogP contribution is 2.21. The zero-order chi connectivity index (χ0) is 21.5. The Labute approximate surface area is 180 Å². The van der Waals surface area contributed by atoms with Crippen LogP contribution in [0.1, 0.15) is 23.4 Å². The van der Waals surface area contributed by atoms with Crippen molar-refractivity contribution in [3.05, 3.63) is 90.3 Å². The van der Waals surface area contributed by atoms with Gasteiger partial charge in [0, 0.05) is 38.0 Å². The molecule has 0 aliphatic heterocycles. The number of hydroxylamine groups is 1. The minimum absolute atomic E-state index is 0.561.